The fraction of sp³-hybridized carbons (Fsp3) is 0.727. The predicted octanol–water partition coefficient (Wildman–Crippen LogP) is 0.926. The number of piperidine rings is 1. The molecule has 2 aliphatic rings. The van der Waals surface area contributed by atoms with Crippen LogP contribution < -0.4 is 5.32 Å². The number of hydrogen-bond donors (Lipinski definition) is 1. The van der Waals surface area contributed by atoms with Crippen molar-refractivity contribution in [3.8, 4) is 0 Å². The van der Waals surface area contributed by atoms with Crippen molar-refractivity contribution in [2.24, 2.45) is 13.0 Å². The average Bonchev–Trinajstić information content (AvgIpc) is 2.79. The van der Waals surface area contributed by atoms with E-state index in [-0.39, 0.29) is 0 Å². The molecule has 2 aliphatic heterocycles. The highest BCUT2D eigenvalue weighted by atomic mass is 15.3. The van der Waals surface area contributed by atoms with Gasteiger partial charge >= 0.3 is 0 Å². The summed E-state index contributed by atoms with van der Waals surface area (Å²) in [7, 11) is 1.96. The summed E-state index contributed by atoms with van der Waals surface area (Å²) in [5, 5.41) is 7.81. The Balaban J connectivity index is 1.67. The number of rotatable bonds is 2. The minimum atomic E-state index is 0.660. The van der Waals surface area contributed by atoms with Crippen LogP contribution in [-0.2, 0) is 7.05 Å². The normalized spacial score (nSPS) is 34.3. The topological polar surface area (TPSA) is 33.1 Å². The fourth-order valence-corrected chi connectivity index (χ4v) is 2.85. The quantitative estimate of drug-likeness (QED) is 0.781. The van der Waals surface area contributed by atoms with Crippen molar-refractivity contribution >= 4 is 5.69 Å². The number of hydrogen-bond acceptors (Lipinski definition) is 3. The molecule has 3 unspecified atom stereocenters. The van der Waals surface area contributed by atoms with Gasteiger partial charge in [0.05, 0.1) is 11.9 Å². The summed E-state index contributed by atoms with van der Waals surface area (Å²) in [5.41, 5.74) is 1.17. The van der Waals surface area contributed by atoms with E-state index in [1.54, 1.807) is 0 Å². The molecule has 2 fully saturated rings. The maximum Gasteiger partial charge on any atom is 0.0728 e. The molecule has 15 heavy (non-hydrogen) atoms. The summed E-state index contributed by atoms with van der Waals surface area (Å²) < 4.78 is 1.85. The van der Waals surface area contributed by atoms with Crippen molar-refractivity contribution in [3.63, 3.8) is 0 Å². The summed E-state index contributed by atoms with van der Waals surface area (Å²) in [4.78, 5) is 2.58. The second-order valence-corrected chi connectivity index (χ2v) is 4.79. The molecule has 1 aromatic rings. The summed E-state index contributed by atoms with van der Waals surface area (Å²) in [5.74, 6) is 0.846. The van der Waals surface area contributed by atoms with Crippen LogP contribution >= 0.6 is 0 Å². The van der Waals surface area contributed by atoms with E-state index in [0.717, 1.165) is 5.92 Å². The van der Waals surface area contributed by atoms with Crippen molar-refractivity contribution in [1.82, 2.24) is 14.7 Å². The van der Waals surface area contributed by atoms with Crippen molar-refractivity contribution in [1.29, 1.82) is 0 Å². The van der Waals surface area contributed by atoms with Gasteiger partial charge in [0.25, 0.3) is 0 Å². The van der Waals surface area contributed by atoms with Gasteiger partial charge in [0, 0.05) is 32.4 Å². The first-order valence-electron chi connectivity index (χ1n) is 5.79. The first-order valence-corrected chi connectivity index (χ1v) is 5.79. The zero-order valence-corrected chi connectivity index (χ0v) is 9.19. The van der Waals surface area contributed by atoms with Gasteiger partial charge in [-0.25, -0.2) is 0 Å². The molecule has 82 valence electrons. The summed E-state index contributed by atoms with van der Waals surface area (Å²) in [6.45, 7) is 3.85. The second-order valence-electron chi connectivity index (χ2n) is 4.79. The molecular weight excluding hydrogens is 188 g/mol. The molecule has 0 aliphatic carbocycles. The van der Waals surface area contributed by atoms with Gasteiger partial charge in [-0.1, -0.05) is 0 Å². The SMILES string of the molecule is Cn1cc(NC2CCN3CCC2C3)cn1. The third-order valence-electron chi connectivity index (χ3n) is 3.69. The van der Waals surface area contributed by atoms with Crippen LogP contribution in [0.15, 0.2) is 12.4 Å². The van der Waals surface area contributed by atoms with Crippen LogP contribution in [0.25, 0.3) is 0 Å². The Morgan fingerprint density at radius 2 is 2.27 bits per heavy atom. The number of nitrogens with one attached hydrogen (secondary N) is 1. The Morgan fingerprint density at radius 3 is 3.07 bits per heavy atom. The molecule has 2 bridgehead atoms. The van der Waals surface area contributed by atoms with E-state index < -0.39 is 0 Å². The van der Waals surface area contributed by atoms with Crippen LogP contribution in [0.4, 0.5) is 5.69 Å². The van der Waals surface area contributed by atoms with Gasteiger partial charge in [-0.05, 0) is 25.3 Å². The zero-order valence-electron chi connectivity index (χ0n) is 9.19. The van der Waals surface area contributed by atoms with Crippen LogP contribution in [-0.4, -0.2) is 40.4 Å². The van der Waals surface area contributed by atoms with Crippen molar-refractivity contribution in [2.45, 2.75) is 18.9 Å². The highest BCUT2D eigenvalue weighted by Gasteiger charge is 2.34. The first-order chi connectivity index (χ1) is 7.31. The van der Waals surface area contributed by atoms with E-state index in [2.05, 4.69) is 21.5 Å². The Labute approximate surface area is 90.3 Å². The minimum Gasteiger partial charge on any atom is -0.379 e. The molecule has 4 nitrogen and oxygen atoms in total. The van der Waals surface area contributed by atoms with Crippen LogP contribution in [0, 0.1) is 5.92 Å². The number of aryl methyl sites for hydroxylation is 1. The molecule has 3 heterocycles. The summed E-state index contributed by atoms with van der Waals surface area (Å²) in [6.07, 6.45) is 6.61. The third kappa shape index (κ3) is 1.74. The maximum absolute atomic E-state index is 4.19. The maximum atomic E-state index is 4.19. The number of fused-ring (bicyclic) bond motifs is 2. The Kier molecular flexibility index (Phi) is 2.16. The molecule has 3 atom stereocenters. The van der Waals surface area contributed by atoms with Gasteiger partial charge in [-0.2, -0.15) is 5.10 Å². The van der Waals surface area contributed by atoms with Crippen LogP contribution in [0.2, 0.25) is 0 Å². The van der Waals surface area contributed by atoms with Crippen molar-refractivity contribution in [2.75, 3.05) is 25.0 Å². The highest BCUT2D eigenvalue weighted by Crippen LogP contribution is 2.29. The fourth-order valence-electron chi connectivity index (χ4n) is 2.85. The smallest absolute Gasteiger partial charge is 0.0728 e. The average molecular weight is 206 g/mol. The van der Waals surface area contributed by atoms with Crippen molar-refractivity contribution in [3.05, 3.63) is 12.4 Å². The molecule has 1 N–H and O–H groups in total. The molecule has 4 heteroatoms. The molecule has 2 saturated heterocycles. The van der Waals surface area contributed by atoms with Gasteiger partial charge in [0.1, 0.15) is 0 Å². The lowest BCUT2D eigenvalue weighted by molar-refractivity contribution is 0.255. The highest BCUT2D eigenvalue weighted by molar-refractivity contribution is 5.39. The third-order valence-corrected chi connectivity index (χ3v) is 3.69. The molecule has 0 amide bonds. The minimum absolute atomic E-state index is 0.660. The summed E-state index contributed by atoms with van der Waals surface area (Å²) in [6, 6.07) is 0.660. The number of anilines is 1. The van der Waals surface area contributed by atoms with Crippen LogP contribution in [0.5, 0.6) is 0 Å². The lowest BCUT2D eigenvalue weighted by Crippen LogP contribution is -2.39. The Bertz CT molecular complexity index is 346. The largest absolute Gasteiger partial charge is 0.379 e. The van der Waals surface area contributed by atoms with E-state index in [9.17, 15) is 0 Å². The van der Waals surface area contributed by atoms with Gasteiger partial charge < -0.3 is 10.2 Å². The molecule has 0 radical (unpaired) electrons. The first kappa shape index (κ1) is 9.21. The van der Waals surface area contributed by atoms with Crippen LogP contribution in [0.1, 0.15) is 12.8 Å². The lowest BCUT2D eigenvalue weighted by Gasteiger charge is -2.31. The van der Waals surface area contributed by atoms with Gasteiger partial charge in [-0.15, -0.1) is 0 Å². The number of nitrogens with zero attached hydrogens (tertiary/aromatic N) is 3. The second kappa shape index (κ2) is 3.52. The summed E-state index contributed by atoms with van der Waals surface area (Å²) >= 11 is 0. The molecule has 0 saturated carbocycles. The van der Waals surface area contributed by atoms with E-state index in [1.807, 2.05) is 17.9 Å². The molecule has 1 aromatic heterocycles. The number of aromatic nitrogens is 2. The van der Waals surface area contributed by atoms with E-state index in [4.69, 9.17) is 0 Å². The molecule has 0 aromatic carbocycles. The van der Waals surface area contributed by atoms with Gasteiger partial charge in [-0.3, -0.25) is 4.68 Å². The monoisotopic (exact) mass is 206 g/mol. The van der Waals surface area contributed by atoms with Crippen molar-refractivity contribution < 1.29 is 0 Å². The molecule has 3 rings (SSSR count). The van der Waals surface area contributed by atoms with Crippen LogP contribution in [0.3, 0.4) is 0 Å². The van der Waals surface area contributed by atoms with Gasteiger partial charge in [0.2, 0.25) is 0 Å². The molecule has 0 spiro atoms. The van der Waals surface area contributed by atoms with Gasteiger partial charge in [0.15, 0.2) is 0 Å². The Morgan fingerprint density at radius 1 is 1.40 bits per heavy atom. The Hall–Kier alpha value is -1.03. The predicted molar refractivity (Wildman–Crippen MR) is 59.8 cm³/mol. The lowest BCUT2D eigenvalue weighted by atomic mass is 9.94. The van der Waals surface area contributed by atoms with E-state index in [0.29, 0.717) is 6.04 Å². The molecular formula is C11H18N4. The van der Waals surface area contributed by atoms with E-state index >= 15 is 0 Å². The standard InChI is InChI=1S/C11H18N4/c1-14-8-10(6-12-14)13-11-3-5-15-4-2-9(11)7-15/h6,8-9,11,13H,2-5,7H2,1H3. The van der Waals surface area contributed by atoms with E-state index in [1.165, 1.54) is 38.2 Å². The zero-order chi connectivity index (χ0) is 10.3.